The molecule has 0 saturated carbocycles. The van der Waals surface area contributed by atoms with Gasteiger partial charge >= 0.3 is 29.3 Å². The molecule has 0 aliphatic heterocycles. The van der Waals surface area contributed by atoms with Gasteiger partial charge in [-0.25, -0.2) is 0 Å². The van der Waals surface area contributed by atoms with Crippen molar-refractivity contribution in [2.24, 2.45) is 0 Å². The van der Waals surface area contributed by atoms with Crippen molar-refractivity contribution in [2.45, 2.75) is 19.4 Å². The Labute approximate surface area is 66.2 Å². The van der Waals surface area contributed by atoms with E-state index < -0.39 is 0 Å². The number of ether oxygens (including phenoxy) is 1. The van der Waals surface area contributed by atoms with Crippen LogP contribution in [0.1, 0.15) is 13.8 Å². The van der Waals surface area contributed by atoms with Crippen LogP contribution in [0.2, 0.25) is 5.60 Å². The Kier molecular flexibility index (Phi) is 10.6. The van der Waals surface area contributed by atoms with Crippen LogP contribution >= 0.6 is 0 Å². The molecule has 0 aliphatic carbocycles. The molecule has 0 saturated heterocycles. The normalized spacial score (nSPS) is 7.89. The van der Waals surface area contributed by atoms with Gasteiger partial charge in [-0.2, -0.15) is 0 Å². The van der Waals surface area contributed by atoms with E-state index in [0.29, 0.717) is 5.92 Å². The third kappa shape index (κ3) is 8.07. The van der Waals surface area contributed by atoms with Crippen molar-refractivity contribution in [3.63, 3.8) is 0 Å². The SMILES string of the molecule is COC(=O)[C](C)C.[Li][CH3]. The molecule has 0 aromatic heterocycles. The van der Waals surface area contributed by atoms with E-state index in [1.54, 1.807) is 13.8 Å². The molecular formula is C6H12LiO2. The fourth-order valence-corrected chi connectivity index (χ4v) is 0.204. The molecular weight excluding hydrogens is 111 g/mol. The van der Waals surface area contributed by atoms with Crippen LogP contribution in [0.5, 0.6) is 0 Å². The van der Waals surface area contributed by atoms with Gasteiger partial charge in [0, 0.05) is 0 Å². The molecule has 0 unspecified atom stereocenters. The summed E-state index contributed by atoms with van der Waals surface area (Å²) in [5.41, 5.74) is 2.00. The Hall–Kier alpha value is 0.0674. The number of carbonyl (C=O) groups is 1. The first-order chi connectivity index (χ1) is 4.18. The van der Waals surface area contributed by atoms with E-state index in [0.717, 1.165) is 0 Å². The molecule has 0 fully saturated rings. The molecule has 9 heavy (non-hydrogen) atoms. The summed E-state index contributed by atoms with van der Waals surface area (Å²) in [4.78, 5) is 10.3. The van der Waals surface area contributed by atoms with Gasteiger partial charge in [-0.3, -0.25) is 4.79 Å². The monoisotopic (exact) mass is 123 g/mol. The Balaban J connectivity index is 0. The zero-order chi connectivity index (χ0) is 7.86. The molecule has 0 bridgehead atoms. The number of methoxy groups -OCH3 is 1. The third-order valence-electron chi connectivity index (χ3n) is 0.594. The van der Waals surface area contributed by atoms with Gasteiger partial charge in [-0.05, 0) is 13.8 Å². The summed E-state index contributed by atoms with van der Waals surface area (Å²) in [6.07, 6.45) is 0. The molecule has 0 aromatic rings. The van der Waals surface area contributed by atoms with Gasteiger partial charge < -0.3 is 4.74 Å². The molecule has 0 amide bonds. The zero-order valence-electron chi connectivity index (χ0n) is 6.82. The van der Waals surface area contributed by atoms with Gasteiger partial charge in [0.05, 0.1) is 13.0 Å². The maximum atomic E-state index is 10.3. The average Bonchev–Trinajstić information content (AvgIpc) is 1.91. The first kappa shape index (κ1) is 11.8. The summed E-state index contributed by atoms with van der Waals surface area (Å²) in [5.74, 6) is 0.447. The molecule has 0 N–H and O–H groups in total. The Morgan fingerprint density at radius 1 is 1.33 bits per heavy atom. The van der Waals surface area contributed by atoms with Gasteiger partial charge in [0.25, 0.3) is 0 Å². The molecule has 1 radical (unpaired) electrons. The van der Waals surface area contributed by atoms with Crippen molar-refractivity contribution in [1.29, 1.82) is 0 Å². The minimum atomic E-state index is -0.236. The van der Waals surface area contributed by atoms with Crippen LogP contribution in [0, 0.1) is 5.92 Å². The zero-order valence-corrected chi connectivity index (χ0v) is 6.82. The van der Waals surface area contributed by atoms with Crippen molar-refractivity contribution < 1.29 is 9.53 Å². The molecule has 49 valence electrons. The van der Waals surface area contributed by atoms with Crippen LogP contribution in [0.4, 0.5) is 0 Å². The van der Waals surface area contributed by atoms with Gasteiger partial charge in [-0.15, -0.1) is 0 Å². The minimum absolute atomic E-state index is 0.236. The molecule has 3 heteroatoms. The third-order valence-corrected chi connectivity index (χ3v) is 0.594. The van der Waals surface area contributed by atoms with Crippen LogP contribution in [0.3, 0.4) is 0 Å². The summed E-state index contributed by atoms with van der Waals surface area (Å²) in [6.45, 7) is 3.43. The predicted octanol–water partition coefficient (Wildman–Crippen LogP) is 0.977. The quantitative estimate of drug-likeness (QED) is 0.383. The summed E-state index contributed by atoms with van der Waals surface area (Å²) in [6, 6.07) is 0. The number of rotatable bonds is 1. The van der Waals surface area contributed by atoms with Crippen molar-refractivity contribution in [3.8, 4) is 0 Å². The number of carbonyl (C=O) groups excluding carboxylic acids is 1. The van der Waals surface area contributed by atoms with Gasteiger partial charge in [0.1, 0.15) is 0 Å². The maximum absolute atomic E-state index is 10.3. The summed E-state index contributed by atoms with van der Waals surface area (Å²) >= 11 is 2.00. The van der Waals surface area contributed by atoms with E-state index >= 15 is 0 Å². The first-order valence-corrected chi connectivity index (χ1v) is 3.07. The van der Waals surface area contributed by atoms with Crippen LogP contribution < -0.4 is 0 Å². The van der Waals surface area contributed by atoms with Gasteiger partial charge in [0.15, 0.2) is 0 Å². The number of esters is 1. The fourth-order valence-electron chi connectivity index (χ4n) is 0.204. The second-order valence-corrected chi connectivity index (χ2v) is 1.49. The Morgan fingerprint density at radius 2 is 1.67 bits per heavy atom. The average molecular weight is 123 g/mol. The van der Waals surface area contributed by atoms with E-state index in [4.69, 9.17) is 0 Å². The van der Waals surface area contributed by atoms with E-state index in [1.807, 2.05) is 23.3 Å². The summed E-state index contributed by atoms with van der Waals surface area (Å²) in [7, 11) is 1.37. The van der Waals surface area contributed by atoms with Gasteiger partial charge in [0.2, 0.25) is 0 Å². The molecule has 0 atom stereocenters. The fraction of sp³-hybridized carbons (Fsp3) is 0.667. The predicted molar refractivity (Wildman–Crippen MR) is 38.2 cm³/mol. The van der Waals surface area contributed by atoms with E-state index in [2.05, 4.69) is 4.74 Å². The summed E-state index contributed by atoms with van der Waals surface area (Å²) < 4.78 is 4.34. The second kappa shape index (κ2) is 8.07. The van der Waals surface area contributed by atoms with Crippen LogP contribution in [-0.2, 0) is 9.53 Å². The molecule has 2 nitrogen and oxygen atoms in total. The second-order valence-electron chi connectivity index (χ2n) is 1.49. The Morgan fingerprint density at radius 3 is 1.67 bits per heavy atom. The van der Waals surface area contributed by atoms with Crippen LogP contribution in [0.15, 0.2) is 0 Å². The van der Waals surface area contributed by atoms with Crippen LogP contribution in [-0.4, -0.2) is 30.8 Å². The van der Waals surface area contributed by atoms with Crippen molar-refractivity contribution in [2.75, 3.05) is 7.11 Å². The van der Waals surface area contributed by atoms with Crippen molar-refractivity contribution in [1.82, 2.24) is 0 Å². The summed E-state index contributed by atoms with van der Waals surface area (Å²) in [5, 5.41) is 0. The van der Waals surface area contributed by atoms with Crippen LogP contribution in [0.25, 0.3) is 0 Å². The number of hydrogen-bond acceptors (Lipinski definition) is 2. The molecule has 0 heterocycles. The molecule has 0 spiro atoms. The van der Waals surface area contributed by atoms with Crippen molar-refractivity contribution >= 4 is 23.7 Å². The molecule has 0 aromatic carbocycles. The first-order valence-electron chi connectivity index (χ1n) is 3.07. The topological polar surface area (TPSA) is 26.3 Å². The van der Waals surface area contributed by atoms with Crippen molar-refractivity contribution in [3.05, 3.63) is 5.92 Å². The van der Waals surface area contributed by atoms with Gasteiger partial charge in [-0.1, -0.05) is 0 Å². The van der Waals surface area contributed by atoms with E-state index in [9.17, 15) is 4.79 Å². The Bertz CT molecular complexity index is 71.5. The standard InChI is InChI=1S/C5H9O2.CH3.Li/c1-4(2)5(6)7-3;;/h1-3H3;1H3;. The number of hydrogen-bond donors (Lipinski definition) is 0. The molecule has 0 aliphatic rings. The van der Waals surface area contributed by atoms with E-state index in [1.165, 1.54) is 7.11 Å². The molecule has 0 rings (SSSR count). The van der Waals surface area contributed by atoms with E-state index in [-0.39, 0.29) is 5.97 Å².